The average Bonchev–Trinajstić information content (AvgIpc) is 2.14. The van der Waals surface area contributed by atoms with Crippen LogP contribution in [-0.2, 0) is 3.07 Å². The summed E-state index contributed by atoms with van der Waals surface area (Å²) in [5, 5.41) is 8.40. The van der Waals surface area contributed by atoms with Crippen molar-refractivity contribution in [2.45, 2.75) is 0 Å². The van der Waals surface area contributed by atoms with Crippen molar-refractivity contribution in [1.82, 2.24) is 0 Å². The zero-order chi connectivity index (χ0) is 5.11. The van der Waals surface area contributed by atoms with Crippen LogP contribution in [0.25, 0.3) is 0 Å². The molecule has 0 radical (unpaired) electrons. The number of aliphatic hydroxyl groups is 1. The van der Waals surface area contributed by atoms with E-state index in [1.807, 2.05) is 4.01 Å². The molecule has 0 saturated heterocycles. The first-order valence-electron chi connectivity index (χ1n) is 1.86. The smallest absolute Gasteiger partial charge is 0.113 e. The molecule has 0 bridgehead atoms. The molecule has 1 N–H and O–H groups in total. The minimum Gasteiger partial charge on any atom is -0.443 e. The van der Waals surface area contributed by atoms with E-state index in [0.717, 1.165) is 5.57 Å². The van der Waals surface area contributed by atoms with Crippen LogP contribution in [0, 0.1) is 0 Å². The minimum absolute atomic E-state index is 0.125. The van der Waals surface area contributed by atoms with Gasteiger partial charge in [0.15, 0.2) is 0 Å². The van der Waals surface area contributed by atoms with E-state index in [2.05, 4.69) is 0 Å². The molecular weight excluding hydrogens is 207 g/mol. The van der Waals surface area contributed by atoms with E-state index in [9.17, 15) is 0 Å². The Balaban J connectivity index is 2.52. The highest BCUT2D eigenvalue weighted by molar-refractivity contribution is 14.2. The topological polar surface area (TPSA) is 29.5 Å². The first kappa shape index (κ1) is 5.24. The maximum Gasteiger partial charge on any atom is 0.113 e. The number of aliphatic hydroxyl groups excluding tert-OH is 1. The Labute approximate surface area is 52.1 Å². The lowest BCUT2D eigenvalue weighted by molar-refractivity contribution is 0.335. The Morgan fingerprint density at radius 3 is 3.00 bits per heavy atom. The molecule has 0 saturated carbocycles. The molecule has 0 unspecified atom stereocenters. The molecule has 7 heavy (non-hydrogen) atoms. The summed E-state index contributed by atoms with van der Waals surface area (Å²) in [5.74, 6) is 0. The Kier molecular flexibility index (Phi) is 1.81. The van der Waals surface area contributed by atoms with Gasteiger partial charge in [-0.05, 0) is 0 Å². The number of hydrogen-bond acceptors (Lipinski definition) is 2. The van der Waals surface area contributed by atoms with Crippen LogP contribution < -0.4 is 0 Å². The van der Waals surface area contributed by atoms with Crippen molar-refractivity contribution < 1.29 is 8.17 Å². The van der Waals surface area contributed by atoms with Gasteiger partial charge in [0, 0.05) is 9.58 Å². The van der Waals surface area contributed by atoms with Crippen molar-refractivity contribution in [3.8, 4) is 0 Å². The second kappa shape index (κ2) is 2.42. The second-order valence-corrected chi connectivity index (χ2v) is 2.78. The molecular formula is C4H5IO2. The minimum atomic E-state index is -0.182. The fourth-order valence-corrected chi connectivity index (χ4v) is 1.55. The van der Waals surface area contributed by atoms with Gasteiger partial charge in [-0.25, -0.2) is 0 Å². The fourth-order valence-electron chi connectivity index (χ4n) is 0.263. The average molecular weight is 212 g/mol. The van der Waals surface area contributed by atoms with Crippen molar-refractivity contribution >= 4 is 25.2 Å². The van der Waals surface area contributed by atoms with Gasteiger partial charge in [-0.1, -0.05) is 0 Å². The van der Waals surface area contributed by atoms with Crippen LogP contribution >= 0.6 is 21.1 Å². The van der Waals surface area contributed by atoms with Crippen molar-refractivity contribution in [2.75, 3.05) is 6.61 Å². The third-order valence-electron chi connectivity index (χ3n) is 0.615. The van der Waals surface area contributed by atoms with Crippen LogP contribution in [0.5, 0.6) is 0 Å². The Morgan fingerprint density at radius 1 is 1.86 bits per heavy atom. The van der Waals surface area contributed by atoms with E-state index in [1.54, 1.807) is 6.26 Å². The Bertz CT molecular complexity index is 117. The zero-order valence-corrected chi connectivity index (χ0v) is 5.75. The van der Waals surface area contributed by atoms with E-state index in [0.29, 0.717) is 0 Å². The van der Waals surface area contributed by atoms with E-state index >= 15 is 0 Å². The Hall–Kier alpha value is 0.100. The summed E-state index contributed by atoms with van der Waals surface area (Å²) >= 11 is -0.182. The van der Waals surface area contributed by atoms with Crippen molar-refractivity contribution in [3.05, 3.63) is 11.8 Å². The van der Waals surface area contributed by atoms with E-state index in [-0.39, 0.29) is 27.8 Å². The molecule has 0 aromatic rings. The van der Waals surface area contributed by atoms with Crippen LogP contribution in [0.4, 0.5) is 0 Å². The molecule has 0 fully saturated rings. The maximum absolute atomic E-state index is 8.40. The molecule has 0 aliphatic carbocycles. The van der Waals surface area contributed by atoms with Crippen molar-refractivity contribution in [1.29, 1.82) is 0 Å². The van der Waals surface area contributed by atoms with Gasteiger partial charge in [0.1, 0.15) is 27.4 Å². The molecule has 1 aliphatic rings. The van der Waals surface area contributed by atoms with Gasteiger partial charge >= 0.3 is 0 Å². The molecule has 3 heteroatoms. The van der Waals surface area contributed by atoms with Gasteiger partial charge in [0.2, 0.25) is 0 Å². The monoisotopic (exact) mass is 212 g/mol. The molecule has 0 atom stereocenters. The molecule has 1 rings (SSSR count). The third-order valence-corrected chi connectivity index (χ3v) is 2.22. The molecule has 40 valence electrons. The summed E-state index contributed by atoms with van der Waals surface area (Å²) in [5.41, 5.74) is 0.924. The van der Waals surface area contributed by atoms with E-state index in [4.69, 9.17) is 8.17 Å². The van der Waals surface area contributed by atoms with Gasteiger partial charge in [-0.2, -0.15) is 0 Å². The first-order chi connectivity index (χ1) is 3.43. The van der Waals surface area contributed by atoms with Gasteiger partial charge in [0.25, 0.3) is 0 Å². The number of halogens is 1. The molecule has 0 amide bonds. The largest absolute Gasteiger partial charge is 0.443 e. The highest BCUT2D eigenvalue weighted by atomic mass is 127. The molecule has 2 nitrogen and oxygen atoms in total. The van der Waals surface area contributed by atoms with Crippen LogP contribution in [0.3, 0.4) is 0 Å². The van der Waals surface area contributed by atoms with E-state index < -0.39 is 0 Å². The number of hydrogen-bond donors (Lipinski definition) is 1. The molecule has 1 aliphatic heterocycles. The lowest BCUT2D eigenvalue weighted by Crippen LogP contribution is -1.85. The van der Waals surface area contributed by atoms with Crippen LogP contribution in [0.1, 0.15) is 0 Å². The summed E-state index contributed by atoms with van der Waals surface area (Å²) in [4.78, 5) is 0. The van der Waals surface area contributed by atoms with Gasteiger partial charge in [-0.15, -0.1) is 0 Å². The van der Waals surface area contributed by atoms with Crippen LogP contribution in [0.15, 0.2) is 11.8 Å². The highest BCUT2D eigenvalue weighted by Crippen LogP contribution is 2.11. The lowest BCUT2D eigenvalue weighted by atomic mass is 10.4. The predicted octanol–water partition coefficient (Wildman–Crippen LogP) is 0.581. The summed E-state index contributed by atoms with van der Waals surface area (Å²) in [7, 11) is 0. The summed E-state index contributed by atoms with van der Waals surface area (Å²) in [6.45, 7) is 0.125. The summed E-state index contributed by atoms with van der Waals surface area (Å²) < 4.78 is 6.84. The third kappa shape index (κ3) is 1.24. The molecule has 0 aromatic carbocycles. The van der Waals surface area contributed by atoms with Gasteiger partial charge in [-0.3, -0.25) is 0 Å². The number of rotatable bonds is 1. The summed E-state index contributed by atoms with van der Waals surface area (Å²) in [6.07, 6.45) is 1.62. The molecule has 0 spiro atoms. The quantitative estimate of drug-likeness (QED) is 0.644. The Morgan fingerprint density at radius 2 is 2.71 bits per heavy atom. The van der Waals surface area contributed by atoms with Gasteiger partial charge in [0.05, 0.1) is 6.61 Å². The van der Waals surface area contributed by atoms with Crippen molar-refractivity contribution in [3.63, 3.8) is 0 Å². The van der Waals surface area contributed by atoms with E-state index in [1.165, 1.54) is 0 Å². The predicted molar refractivity (Wildman–Crippen MR) is 36.3 cm³/mol. The van der Waals surface area contributed by atoms with Crippen LogP contribution in [-0.4, -0.2) is 15.7 Å². The standard InChI is InChI=1S/C4H5IO2/c6-2-4-1-5-7-3-4/h1,3,6H,2H2. The molecule has 0 aromatic heterocycles. The SMILES string of the molecule is OCC1=COI=C1. The maximum atomic E-state index is 8.40. The fraction of sp³-hybridized carbons (Fsp3) is 0.250. The lowest BCUT2D eigenvalue weighted by Gasteiger charge is -1.81. The zero-order valence-electron chi connectivity index (χ0n) is 3.60. The van der Waals surface area contributed by atoms with Crippen LogP contribution in [0.2, 0.25) is 0 Å². The van der Waals surface area contributed by atoms with Gasteiger partial charge < -0.3 is 8.17 Å². The van der Waals surface area contributed by atoms with Crippen molar-refractivity contribution in [2.24, 2.45) is 0 Å². The normalized spacial score (nSPS) is 17.6. The highest BCUT2D eigenvalue weighted by Gasteiger charge is 1.93. The second-order valence-electron chi connectivity index (χ2n) is 1.14. The first-order valence-corrected chi connectivity index (χ1v) is 3.98. The molecule has 1 heterocycles. The summed E-state index contributed by atoms with van der Waals surface area (Å²) in [6, 6.07) is 0.